The number of piperidine rings is 1. The first kappa shape index (κ1) is 15.4. The van der Waals surface area contributed by atoms with Crippen LogP contribution in [-0.4, -0.2) is 35.7 Å². The van der Waals surface area contributed by atoms with Crippen molar-refractivity contribution in [1.29, 1.82) is 0 Å². The molecule has 1 aliphatic rings. The van der Waals surface area contributed by atoms with Crippen molar-refractivity contribution in [2.24, 2.45) is 11.7 Å². The van der Waals surface area contributed by atoms with Crippen LogP contribution in [0, 0.1) is 12.8 Å². The van der Waals surface area contributed by atoms with Crippen LogP contribution in [0.4, 0.5) is 0 Å². The second kappa shape index (κ2) is 7.14. The topological polar surface area (TPSA) is 46.3 Å². The summed E-state index contributed by atoms with van der Waals surface area (Å²) in [6.45, 7) is 5.87. The first-order valence-corrected chi connectivity index (χ1v) is 8.28. The highest BCUT2D eigenvalue weighted by atomic mass is 32.2. The normalized spacial score (nSPS) is 18.1. The Kier molecular flexibility index (Phi) is 5.49. The minimum atomic E-state index is 0.244. The Hall–Kier alpha value is -1.00. The molecular weight excluding hydrogens is 268 g/mol. The highest BCUT2D eigenvalue weighted by Crippen LogP contribution is 2.24. The molecule has 0 radical (unpaired) electrons. The molecule has 110 valence electrons. The van der Waals surface area contributed by atoms with Crippen molar-refractivity contribution < 1.29 is 4.79 Å². The van der Waals surface area contributed by atoms with Gasteiger partial charge in [-0.3, -0.25) is 4.79 Å². The van der Waals surface area contributed by atoms with Gasteiger partial charge in [0.05, 0.1) is 5.75 Å². The summed E-state index contributed by atoms with van der Waals surface area (Å²) >= 11 is 1.64. The van der Waals surface area contributed by atoms with E-state index in [2.05, 4.69) is 26.0 Å². The highest BCUT2D eigenvalue weighted by Gasteiger charge is 2.24. The molecule has 0 bridgehead atoms. The lowest BCUT2D eigenvalue weighted by Gasteiger charge is -2.33. The van der Waals surface area contributed by atoms with Gasteiger partial charge in [0.15, 0.2) is 0 Å². The van der Waals surface area contributed by atoms with Crippen molar-refractivity contribution in [2.45, 2.75) is 37.6 Å². The number of aryl methyl sites for hydroxylation is 1. The largest absolute Gasteiger partial charge is 0.342 e. The van der Waals surface area contributed by atoms with E-state index in [0.29, 0.717) is 11.7 Å². The third-order valence-electron chi connectivity index (χ3n) is 4.08. The predicted molar refractivity (Wildman–Crippen MR) is 84.9 cm³/mol. The highest BCUT2D eigenvalue weighted by molar-refractivity contribution is 8.00. The molecule has 0 aromatic heterocycles. The van der Waals surface area contributed by atoms with Crippen LogP contribution in [0.25, 0.3) is 0 Å². The fourth-order valence-corrected chi connectivity index (χ4v) is 3.56. The molecule has 1 atom stereocenters. The summed E-state index contributed by atoms with van der Waals surface area (Å²) in [5.41, 5.74) is 7.17. The Morgan fingerprint density at radius 1 is 1.40 bits per heavy atom. The van der Waals surface area contributed by atoms with E-state index in [-0.39, 0.29) is 11.9 Å². The molecule has 1 unspecified atom stereocenters. The minimum Gasteiger partial charge on any atom is -0.342 e. The quantitative estimate of drug-likeness (QED) is 0.868. The molecule has 4 heteroatoms. The van der Waals surface area contributed by atoms with E-state index in [1.807, 2.05) is 17.0 Å². The zero-order valence-electron chi connectivity index (χ0n) is 12.3. The average Bonchev–Trinajstić information content (AvgIpc) is 2.46. The summed E-state index contributed by atoms with van der Waals surface area (Å²) in [6.07, 6.45) is 2.08. The number of thioether (sulfide) groups is 1. The number of rotatable bonds is 4. The fraction of sp³-hybridized carbons (Fsp3) is 0.562. The molecule has 3 nitrogen and oxygen atoms in total. The van der Waals surface area contributed by atoms with Crippen molar-refractivity contribution in [1.82, 2.24) is 4.90 Å². The molecule has 1 amide bonds. The van der Waals surface area contributed by atoms with E-state index < -0.39 is 0 Å². The van der Waals surface area contributed by atoms with Gasteiger partial charge in [0.25, 0.3) is 0 Å². The Bertz CT molecular complexity index is 454. The van der Waals surface area contributed by atoms with Gasteiger partial charge < -0.3 is 10.6 Å². The average molecular weight is 292 g/mol. The van der Waals surface area contributed by atoms with Crippen molar-refractivity contribution in [3.05, 3.63) is 29.8 Å². The standard InChI is InChI=1S/C16H24N2OS/c1-12-5-3-4-6-15(12)20-11-16(19)18-9-7-14(8-10-18)13(2)17/h3-6,13-14H,7-11,17H2,1-2H3. The number of nitrogens with two attached hydrogens (primary N) is 1. The maximum Gasteiger partial charge on any atom is 0.232 e. The second-order valence-corrected chi connectivity index (χ2v) is 6.65. The van der Waals surface area contributed by atoms with Gasteiger partial charge in [-0.2, -0.15) is 0 Å². The second-order valence-electron chi connectivity index (χ2n) is 5.63. The lowest BCUT2D eigenvalue weighted by atomic mass is 9.91. The summed E-state index contributed by atoms with van der Waals surface area (Å²) in [6, 6.07) is 8.46. The number of amides is 1. The number of carbonyl (C=O) groups excluding carboxylic acids is 1. The molecule has 1 aromatic carbocycles. The maximum atomic E-state index is 12.2. The molecule has 1 saturated heterocycles. The number of hydrogen-bond donors (Lipinski definition) is 1. The number of carbonyl (C=O) groups is 1. The summed E-state index contributed by atoms with van der Waals surface area (Å²) < 4.78 is 0. The molecule has 0 saturated carbocycles. The van der Waals surface area contributed by atoms with Crippen molar-refractivity contribution >= 4 is 17.7 Å². The lowest BCUT2D eigenvalue weighted by molar-refractivity contribution is -0.129. The van der Waals surface area contributed by atoms with Gasteiger partial charge in [-0.1, -0.05) is 18.2 Å². The van der Waals surface area contributed by atoms with Crippen LogP contribution in [0.2, 0.25) is 0 Å². The smallest absolute Gasteiger partial charge is 0.232 e. The summed E-state index contributed by atoms with van der Waals surface area (Å²) in [5, 5.41) is 0. The minimum absolute atomic E-state index is 0.244. The van der Waals surface area contributed by atoms with Crippen LogP contribution in [0.15, 0.2) is 29.2 Å². The van der Waals surface area contributed by atoms with Crippen LogP contribution in [-0.2, 0) is 4.79 Å². The van der Waals surface area contributed by atoms with Crippen LogP contribution in [0.3, 0.4) is 0 Å². The molecule has 1 heterocycles. The molecular formula is C16H24N2OS. The Labute approximate surface area is 125 Å². The predicted octanol–water partition coefficient (Wildman–Crippen LogP) is 2.67. The van der Waals surface area contributed by atoms with E-state index in [1.165, 1.54) is 10.5 Å². The van der Waals surface area contributed by atoms with Gasteiger partial charge in [-0.05, 0) is 44.2 Å². The van der Waals surface area contributed by atoms with Gasteiger partial charge >= 0.3 is 0 Å². The van der Waals surface area contributed by atoms with E-state index in [1.54, 1.807) is 11.8 Å². The number of nitrogens with zero attached hydrogens (tertiary/aromatic N) is 1. The number of benzene rings is 1. The van der Waals surface area contributed by atoms with Gasteiger partial charge in [0, 0.05) is 24.0 Å². The zero-order chi connectivity index (χ0) is 14.5. The molecule has 20 heavy (non-hydrogen) atoms. The van der Waals surface area contributed by atoms with E-state index >= 15 is 0 Å². The summed E-state index contributed by atoms with van der Waals surface area (Å²) in [4.78, 5) is 15.4. The maximum absolute atomic E-state index is 12.2. The van der Waals surface area contributed by atoms with Crippen LogP contribution < -0.4 is 5.73 Å². The Morgan fingerprint density at radius 3 is 2.65 bits per heavy atom. The van der Waals surface area contributed by atoms with Crippen LogP contribution >= 0.6 is 11.8 Å². The van der Waals surface area contributed by atoms with E-state index in [9.17, 15) is 4.79 Å². The van der Waals surface area contributed by atoms with Gasteiger partial charge in [-0.25, -0.2) is 0 Å². The molecule has 0 aliphatic carbocycles. The SMILES string of the molecule is Cc1ccccc1SCC(=O)N1CCC(C(C)N)CC1. The first-order valence-electron chi connectivity index (χ1n) is 7.29. The molecule has 1 aliphatic heterocycles. The van der Waals surface area contributed by atoms with Crippen molar-refractivity contribution in [3.8, 4) is 0 Å². The number of hydrogen-bond acceptors (Lipinski definition) is 3. The number of likely N-dealkylation sites (tertiary alicyclic amines) is 1. The third kappa shape index (κ3) is 4.00. The van der Waals surface area contributed by atoms with Gasteiger partial charge in [-0.15, -0.1) is 11.8 Å². The first-order chi connectivity index (χ1) is 9.58. The van der Waals surface area contributed by atoms with Gasteiger partial charge in [0.2, 0.25) is 5.91 Å². The lowest BCUT2D eigenvalue weighted by Crippen LogP contribution is -2.43. The monoisotopic (exact) mass is 292 g/mol. The third-order valence-corrected chi connectivity index (χ3v) is 5.24. The van der Waals surface area contributed by atoms with Crippen LogP contribution in [0.1, 0.15) is 25.3 Å². The zero-order valence-corrected chi connectivity index (χ0v) is 13.2. The molecule has 1 fully saturated rings. The van der Waals surface area contributed by atoms with Crippen molar-refractivity contribution in [2.75, 3.05) is 18.8 Å². The fourth-order valence-electron chi connectivity index (χ4n) is 2.62. The Morgan fingerprint density at radius 2 is 2.05 bits per heavy atom. The molecule has 1 aromatic rings. The van der Waals surface area contributed by atoms with Crippen LogP contribution in [0.5, 0.6) is 0 Å². The van der Waals surface area contributed by atoms with E-state index in [0.717, 1.165) is 25.9 Å². The summed E-state index contributed by atoms with van der Waals surface area (Å²) in [5.74, 6) is 1.36. The van der Waals surface area contributed by atoms with Crippen molar-refractivity contribution in [3.63, 3.8) is 0 Å². The molecule has 0 spiro atoms. The van der Waals surface area contributed by atoms with Gasteiger partial charge in [0.1, 0.15) is 0 Å². The summed E-state index contributed by atoms with van der Waals surface area (Å²) in [7, 11) is 0. The molecule has 2 N–H and O–H groups in total. The van der Waals surface area contributed by atoms with E-state index in [4.69, 9.17) is 5.73 Å². The molecule has 2 rings (SSSR count). The Balaban J connectivity index is 1.80.